The standard InChI is InChI=1S/C21H20N2O4S/c1-14-23-17(13-28-14)12-27-18-4-2-3-16(10-18)21(24)22-11-15-5-6-19-20(9-15)26-8-7-25-19/h2-6,9-10,13H,7-8,11-12H2,1H3,(H,22,24). The van der Waals surface area contributed by atoms with Gasteiger partial charge in [0, 0.05) is 17.5 Å². The molecule has 0 radical (unpaired) electrons. The minimum atomic E-state index is -0.162. The molecular formula is C21H20N2O4S. The lowest BCUT2D eigenvalue weighted by Gasteiger charge is -2.19. The summed E-state index contributed by atoms with van der Waals surface area (Å²) in [5.74, 6) is 1.93. The predicted molar refractivity (Wildman–Crippen MR) is 106 cm³/mol. The molecule has 0 bridgehead atoms. The highest BCUT2D eigenvalue weighted by molar-refractivity contribution is 7.09. The molecule has 4 rings (SSSR count). The van der Waals surface area contributed by atoms with Gasteiger partial charge in [0.1, 0.15) is 25.6 Å². The number of ether oxygens (including phenoxy) is 3. The minimum Gasteiger partial charge on any atom is -0.487 e. The average Bonchev–Trinajstić information content (AvgIpc) is 3.15. The molecule has 1 amide bonds. The number of aryl methyl sites for hydroxylation is 1. The average molecular weight is 396 g/mol. The van der Waals surface area contributed by atoms with Crippen LogP contribution in [0.25, 0.3) is 0 Å². The van der Waals surface area contributed by atoms with Crippen LogP contribution in [0.3, 0.4) is 0 Å². The van der Waals surface area contributed by atoms with Crippen LogP contribution in [0.1, 0.15) is 26.6 Å². The molecule has 0 spiro atoms. The maximum atomic E-state index is 12.5. The van der Waals surface area contributed by atoms with Gasteiger partial charge in [-0.2, -0.15) is 0 Å². The molecule has 2 aromatic carbocycles. The van der Waals surface area contributed by atoms with Gasteiger partial charge < -0.3 is 19.5 Å². The number of aromatic nitrogens is 1. The van der Waals surface area contributed by atoms with Gasteiger partial charge in [0.05, 0.1) is 10.7 Å². The van der Waals surface area contributed by atoms with Crippen LogP contribution in [0, 0.1) is 6.92 Å². The summed E-state index contributed by atoms with van der Waals surface area (Å²) in [7, 11) is 0. The lowest BCUT2D eigenvalue weighted by Crippen LogP contribution is -2.23. The summed E-state index contributed by atoms with van der Waals surface area (Å²) < 4.78 is 16.8. The van der Waals surface area contributed by atoms with Crippen LogP contribution < -0.4 is 19.5 Å². The summed E-state index contributed by atoms with van der Waals surface area (Å²) in [5.41, 5.74) is 2.38. The Morgan fingerprint density at radius 3 is 2.86 bits per heavy atom. The second-order valence-electron chi connectivity index (χ2n) is 6.34. The van der Waals surface area contributed by atoms with Crippen LogP contribution in [0.4, 0.5) is 0 Å². The topological polar surface area (TPSA) is 69.7 Å². The van der Waals surface area contributed by atoms with Crippen molar-refractivity contribution in [2.45, 2.75) is 20.1 Å². The highest BCUT2D eigenvalue weighted by Gasteiger charge is 2.13. The van der Waals surface area contributed by atoms with E-state index in [4.69, 9.17) is 14.2 Å². The first kappa shape index (κ1) is 18.3. The summed E-state index contributed by atoms with van der Waals surface area (Å²) >= 11 is 1.59. The number of nitrogens with one attached hydrogen (secondary N) is 1. The first-order valence-corrected chi connectivity index (χ1v) is 9.86. The third-order valence-corrected chi connectivity index (χ3v) is 5.03. The van der Waals surface area contributed by atoms with E-state index in [1.54, 1.807) is 29.5 Å². The molecule has 1 aromatic heterocycles. The fourth-order valence-corrected chi connectivity index (χ4v) is 3.44. The monoisotopic (exact) mass is 396 g/mol. The Morgan fingerprint density at radius 1 is 1.18 bits per heavy atom. The van der Waals surface area contributed by atoms with E-state index in [2.05, 4.69) is 10.3 Å². The van der Waals surface area contributed by atoms with Gasteiger partial charge in [0.2, 0.25) is 0 Å². The van der Waals surface area contributed by atoms with Gasteiger partial charge in [0.25, 0.3) is 5.91 Å². The van der Waals surface area contributed by atoms with Gasteiger partial charge in [-0.25, -0.2) is 4.98 Å². The highest BCUT2D eigenvalue weighted by atomic mass is 32.1. The zero-order valence-electron chi connectivity index (χ0n) is 15.4. The van der Waals surface area contributed by atoms with Crippen LogP contribution in [0.2, 0.25) is 0 Å². The number of rotatable bonds is 6. The zero-order valence-corrected chi connectivity index (χ0v) is 16.3. The van der Waals surface area contributed by atoms with E-state index in [1.807, 2.05) is 36.6 Å². The Morgan fingerprint density at radius 2 is 2.04 bits per heavy atom. The van der Waals surface area contributed by atoms with Crippen molar-refractivity contribution in [2.24, 2.45) is 0 Å². The first-order valence-electron chi connectivity index (χ1n) is 8.98. The van der Waals surface area contributed by atoms with Crippen molar-refractivity contribution in [2.75, 3.05) is 13.2 Å². The molecule has 3 aromatic rings. The number of amides is 1. The van der Waals surface area contributed by atoms with E-state index < -0.39 is 0 Å². The maximum Gasteiger partial charge on any atom is 0.251 e. The van der Waals surface area contributed by atoms with E-state index in [0.717, 1.165) is 22.0 Å². The summed E-state index contributed by atoms with van der Waals surface area (Å²) in [6.07, 6.45) is 0. The number of fused-ring (bicyclic) bond motifs is 1. The van der Waals surface area contributed by atoms with Crippen molar-refractivity contribution in [3.63, 3.8) is 0 Å². The van der Waals surface area contributed by atoms with E-state index in [0.29, 0.717) is 43.4 Å². The van der Waals surface area contributed by atoms with E-state index >= 15 is 0 Å². The lowest BCUT2D eigenvalue weighted by atomic mass is 10.1. The third-order valence-electron chi connectivity index (χ3n) is 4.21. The molecule has 7 heteroatoms. The number of carbonyl (C=O) groups excluding carboxylic acids is 1. The van der Waals surface area contributed by atoms with Gasteiger partial charge in [-0.15, -0.1) is 11.3 Å². The number of nitrogens with zero attached hydrogens (tertiary/aromatic N) is 1. The van der Waals surface area contributed by atoms with Crippen LogP contribution in [-0.2, 0) is 13.2 Å². The van der Waals surface area contributed by atoms with Crippen LogP contribution >= 0.6 is 11.3 Å². The smallest absolute Gasteiger partial charge is 0.251 e. The van der Waals surface area contributed by atoms with Crippen molar-refractivity contribution in [1.82, 2.24) is 10.3 Å². The lowest BCUT2D eigenvalue weighted by molar-refractivity contribution is 0.0950. The zero-order chi connectivity index (χ0) is 19.3. The SMILES string of the molecule is Cc1nc(COc2cccc(C(=O)NCc3ccc4c(c3)OCCO4)c2)cs1. The van der Waals surface area contributed by atoms with Crippen molar-refractivity contribution in [1.29, 1.82) is 0 Å². The molecule has 0 aliphatic carbocycles. The largest absolute Gasteiger partial charge is 0.487 e. The van der Waals surface area contributed by atoms with Gasteiger partial charge in [-0.05, 0) is 42.8 Å². The highest BCUT2D eigenvalue weighted by Crippen LogP contribution is 2.30. The quantitative estimate of drug-likeness (QED) is 0.688. The van der Waals surface area contributed by atoms with E-state index in [9.17, 15) is 4.79 Å². The molecule has 144 valence electrons. The molecular weight excluding hydrogens is 376 g/mol. The second kappa shape index (κ2) is 8.31. The number of benzene rings is 2. The van der Waals surface area contributed by atoms with Crippen molar-refractivity contribution < 1.29 is 19.0 Å². The molecule has 0 saturated heterocycles. The second-order valence-corrected chi connectivity index (χ2v) is 7.40. The molecule has 0 fully saturated rings. The number of carbonyl (C=O) groups is 1. The Kier molecular flexibility index (Phi) is 5.43. The van der Waals surface area contributed by atoms with Gasteiger partial charge in [-0.1, -0.05) is 12.1 Å². The van der Waals surface area contributed by atoms with Gasteiger partial charge in [-0.3, -0.25) is 4.79 Å². The van der Waals surface area contributed by atoms with Crippen molar-refractivity contribution >= 4 is 17.2 Å². The Bertz CT molecular complexity index is 986. The fourth-order valence-electron chi connectivity index (χ4n) is 2.84. The molecule has 6 nitrogen and oxygen atoms in total. The Balaban J connectivity index is 1.35. The molecule has 1 aliphatic heterocycles. The summed E-state index contributed by atoms with van der Waals surface area (Å²) in [6.45, 7) is 3.84. The van der Waals surface area contributed by atoms with E-state index in [1.165, 1.54) is 0 Å². The van der Waals surface area contributed by atoms with Crippen LogP contribution in [-0.4, -0.2) is 24.1 Å². The number of thiazole rings is 1. The van der Waals surface area contributed by atoms with Crippen molar-refractivity contribution in [3.05, 3.63) is 69.7 Å². The third kappa shape index (κ3) is 4.43. The first-order chi connectivity index (χ1) is 13.7. The summed E-state index contributed by atoms with van der Waals surface area (Å²) in [5, 5.41) is 5.90. The molecule has 28 heavy (non-hydrogen) atoms. The molecule has 0 saturated carbocycles. The normalized spacial score (nSPS) is 12.5. The Labute approximate surface area is 167 Å². The summed E-state index contributed by atoms with van der Waals surface area (Å²) in [6, 6.07) is 12.8. The van der Waals surface area contributed by atoms with Crippen LogP contribution in [0.5, 0.6) is 17.2 Å². The molecule has 1 aliphatic rings. The van der Waals surface area contributed by atoms with Gasteiger partial charge in [0.15, 0.2) is 11.5 Å². The maximum absolute atomic E-state index is 12.5. The van der Waals surface area contributed by atoms with Crippen molar-refractivity contribution in [3.8, 4) is 17.2 Å². The van der Waals surface area contributed by atoms with E-state index in [-0.39, 0.29) is 5.91 Å². The molecule has 0 unspecified atom stereocenters. The fraction of sp³-hybridized carbons (Fsp3) is 0.238. The predicted octanol–water partition coefficient (Wildman–Crippen LogP) is 3.73. The molecule has 0 atom stereocenters. The molecule has 2 heterocycles. The molecule has 1 N–H and O–H groups in total. The van der Waals surface area contributed by atoms with Crippen LogP contribution in [0.15, 0.2) is 47.8 Å². The number of hydrogen-bond donors (Lipinski definition) is 1. The number of hydrogen-bond acceptors (Lipinski definition) is 6. The Hall–Kier alpha value is -3.06. The van der Waals surface area contributed by atoms with Gasteiger partial charge >= 0.3 is 0 Å². The minimum absolute atomic E-state index is 0.162. The summed E-state index contributed by atoms with van der Waals surface area (Å²) in [4.78, 5) is 16.9.